The van der Waals surface area contributed by atoms with Crippen LogP contribution in [0, 0.1) is 0 Å². The zero-order valence-corrected chi connectivity index (χ0v) is 6.65. The number of hydrogen-bond donors (Lipinski definition) is 1. The van der Waals surface area contributed by atoms with E-state index in [1.165, 1.54) is 0 Å². The van der Waals surface area contributed by atoms with Crippen LogP contribution in [-0.4, -0.2) is 15.4 Å². The van der Waals surface area contributed by atoms with E-state index < -0.39 is 12.1 Å². The lowest BCUT2D eigenvalue weighted by atomic mass is 10.4. The summed E-state index contributed by atoms with van der Waals surface area (Å²) in [6.45, 7) is 0. The minimum absolute atomic E-state index is 0.0375. The van der Waals surface area contributed by atoms with Crippen LogP contribution in [-0.2, 0) is 0 Å². The summed E-state index contributed by atoms with van der Waals surface area (Å²) in [7, 11) is 0. The molecule has 0 saturated heterocycles. The molecule has 0 aromatic carbocycles. The van der Waals surface area contributed by atoms with Gasteiger partial charge in [0.05, 0.1) is 0 Å². The van der Waals surface area contributed by atoms with E-state index in [0.29, 0.717) is 0 Å². The number of anilines is 1. The summed E-state index contributed by atoms with van der Waals surface area (Å²) in [5.74, 6) is -0.119. The van der Waals surface area contributed by atoms with E-state index in [4.69, 9.17) is 10.2 Å². The van der Waals surface area contributed by atoms with Crippen LogP contribution < -0.4 is 5.73 Å². The third kappa shape index (κ3) is 1.41. The zero-order valence-electron chi connectivity index (χ0n) is 6.65. The standard InChI is InChI=1S/C6H4F2N4O2/c7-4(8)2-1-3(14-12-2)5-10-11-6(9)13-5/h1,4H,(H2,9,11). The van der Waals surface area contributed by atoms with E-state index in [0.717, 1.165) is 6.07 Å². The van der Waals surface area contributed by atoms with Gasteiger partial charge in [-0.2, -0.15) is 0 Å². The van der Waals surface area contributed by atoms with Crippen molar-refractivity contribution in [1.82, 2.24) is 15.4 Å². The number of nitrogens with two attached hydrogens (primary N) is 1. The fourth-order valence-corrected chi connectivity index (χ4v) is 0.827. The predicted octanol–water partition coefficient (Wildman–Crippen LogP) is 1.24. The number of aromatic nitrogens is 3. The first-order valence-electron chi connectivity index (χ1n) is 3.51. The van der Waals surface area contributed by atoms with Gasteiger partial charge in [-0.3, -0.25) is 0 Å². The molecular formula is C6H4F2N4O2. The normalized spacial score (nSPS) is 11.1. The highest BCUT2D eigenvalue weighted by atomic mass is 19.3. The van der Waals surface area contributed by atoms with Gasteiger partial charge < -0.3 is 14.7 Å². The smallest absolute Gasteiger partial charge is 0.313 e. The molecule has 0 atom stereocenters. The summed E-state index contributed by atoms with van der Waals surface area (Å²) in [5.41, 5.74) is 4.64. The van der Waals surface area contributed by atoms with Crippen molar-refractivity contribution in [3.05, 3.63) is 11.8 Å². The Labute approximate surface area is 75.7 Å². The average molecular weight is 202 g/mol. The fourth-order valence-electron chi connectivity index (χ4n) is 0.827. The van der Waals surface area contributed by atoms with E-state index in [-0.39, 0.29) is 17.7 Å². The van der Waals surface area contributed by atoms with Gasteiger partial charge in [-0.25, -0.2) is 8.78 Å². The lowest BCUT2D eigenvalue weighted by Crippen LogP contribution is -1.81. The van der Waals surface area contributed by atoms with Gasteiger partial charge >= 0.3 is 6.01 Å². The highest BCUT2D eigenvalue weighted by molar-refractivity contribution is 5.44. The number of nitrogens with zero attached hydrogens (tertiary/aromatic N) is 3. The molecule has 0 unspecified atom stereocenters. The summed E-state index contributed by atoms with van der Waals surface area (Å²) in [4.78, 5) is 0. The Morgan fingerprint density at radius 2 is 2.14 bits per heavy atom. The second kappa shape index (κ2) is 3.05. The Bertz CT molecular complexity index is 438. The zero-order chi connectivity index (χ0) is 10.1. The van der Waals surface area contributed by atoms with Gasteiger partial charge in [-0.05, 0) is 0 Å². The topological polar surface area (TPSA) is 91.0 Å². The Morgan fingerprint density at radius 1 is 1.36 bits per heavy atom. The van der Waals surface area contributed by atoms with Crippen molar-refractivity contribution < 1.29 is 17.7 Å². The van der Waals surface area contributed by atoms with Crippen LogP contribution in [0.4, 0.5) is 14.8 Å². The molecule has 2 rings (SSSR count). The van der Waals surface area contributed by atoms with Crippen molar-refractivity contribution in [2.45, 2.75) is 6.43 Å². The second-order valence-electron chi connectivity index (χ2n) is 2.36. The van der Waals surface area contributed by atoms with E-state index in [1.807, 2.05) is 0 Å². The molecule has 0 bridgehead atoms. The first-order valence-corrected chi connectivity index (χ1v) is 3.51. The van der Waals surface area contributed by atoms with E-state index in [9.17, 15) is 8.78 Å². The van der Waals surface area contributed by atoms with Gasteiger partial charge in [0, 0.05) is 6.07 Å². The minimum atomic E-state index is -2.70. The molecule has 0 amide bonds. The van der Waals surface area contributed by atoms with Crippen LogP contribution in [0.5, 0.6) is 0 Å². The maximum Gasteiger partial charge on any atom is 0.313 e. The molecule has 2 heterocycles. The number of hydrogen-bond acceptors (Lipinski definition) is 6. The van der Waals surface area contributed by atoms with Crippen LogP contribution in [0.2, 0.25) is 0 Å². The van der Waals surface area contributed by atoms with Crippen LogP contribution in [0.25, 0.3) is 11.7 Å². The van der Waals surface area contributed by atoms with Crippen molar-refractivity contribution in [1.29, 1.82) is 0 Å². The molecule has 0 radical (unpaired) electrons. The Morgan fingerprint density at radius 3 is 2.64 bits per heavy atom. The molecule has 14 heavy (non-hydrogen) atoms. The molecule has 0 fully saturated rings. The van der Waals surface area contributed by atoms with E-state index in [1.54, 1.807) is 0 Å². The summed E-state index contributed by atoms with van der Waals surface area (Å²) < 4.78 is 33.5. The lowest BCUT2D eigenvalue weighted by Gasteiger charge is -1.84. The summed E-state index contributed by atoms with van der Waals surface area (Å²) >= 11 is 0. The molecule has 0 aliphatic heterocycles. The number of alkyl halides is 2. The largest absolute Gasteiger partial charge is 0.400 e. The Kier molecular flexibility index (Phi) is 1.88. The maximum atomic E-state index is 12.1. The Hall–Kier alpha value is -1.99. The van der Waals surface area contributed by atoms with Crippen LogP contribution in [0.1, 0.15) is 12.1 Å². The quantitative estimate of drug-likeness (QED) is 0.787. The van der Waals surface area contributed by atoms with Crippen molar-refractivity contribution in [2.75, 3.05) is 5.73 Å². The number of rotatable bonds is 2. The number of nitrogen functional groups attached to an aromatic ring is 1. The second-order valence-corrected chi connectivity index (χ2v) is 2.36. The van der Waals surface area contributed by atoms with Gasteiger partial charge in [0.2, 0.25) is 5.76 Å². The molecule has 2 aromatic heterocycles. The van der Waals surface area contributed by atoms with Crippen molar-refractivity contribution in [2.24, 2.45) is 0 Å². The van der Waals surface area contributed by atoms with E-state index in [2.05, 4.69) is 19.9 Å². The van der Waals surface area contributed by atoms with Gasteiger partial charge in [-0.1, -0.05) is 10.3 Å². The van der Waals surface area contributed by atoms with Gasteiger partial charge in [-0.15, -0.1) is 5.10 Å². The Balaban J connectivity index is 2.33. The third-order valence-corrected chi connectivity index (χ3v) is 1.40. The highest BCUT2D eigenvalue weighted by Gasteiger charge is 2.17. The first kappa shape index (κ1) is 8.60. The molecule has 2 N–H and O–H groups in total. The maximum absolute atomic E-state index is 12.1. The monoisotopic (exact) mass is 202 g/mol. The molecule has 8 heteroatoms. The molecule has 0 aliphatic rings. The van der Waals surface area contributed by atoms with Crippen LogP contribution in [0.3, 0.4) is 0 Å². The van der Waals surface area contributed by atoms with Crippen LogP contribution >= 0.6 is 0 Å². The summed E-state index contributed by atoms with van der Waals surface area (Å²) in [6.07, 6.45) is -2.70. The SMILES string of the molecule is Nc1nnc(-c2cc(C(F)F)no2)o1. The molecule has 0 saturated carbocycles. The van der Waals surface area contributed by atoms with E-state index >= 15 is 0 Å². The van der Waals surface area contributed by atoms with Crippen molar-refractivity contribution in [3.63, 3.8) is 0 Å². The molecule has 6 nitrogen and oxygen atoms in total. The molecule has 2 aromatic rings. The molecule has 0 spiro atoms. The van der Waals surface area contributed by atoms with Crippen LogP contribution in [0.15, 0.2) is 15.0 Å². The highest BCUT2D eigenvalue weighted by Crippen LogP contribution is 2.24. The van der Waals surface area contributed by atoms with Gasteiger partial charge in [0.15, 0.2) is 5.69 Å². The lowest BCUT2D eigenvalue weighted by molar-refractivity contribution is 0.140. The minimum Gasteiger partial charge on any atom is -0.400 e. The average Bonchev–Trinajstić information content (AvgIpc) is 2.70. The van der Waals surface area contributed by atoms with Gasteiger partial charge in [0.25, 0.3) is 12.3 Å². The van der Waals surface area contributed by atoms with Crippen molar-refractivity contribution in [3.8, 4) is 11.7 Å². The van der Waals surface area contributed by atoms with Gasteiger partial charge in [0.1, 0.15) is 0 Å². The molecule has 74 valence electrons. The third-order valence-electron chi connectivity index (χ3n) is 1.40. The molecular weight excluding hydrogens is 198 g/mol. The fraction of sp³-hybridized carbons (Fsp3) is 0.167. The predicted molar refractivity (Wildman–Crippen MR) is 39.2 cm³/mol. The van der Waals surface area contributed by atoms with Crippen molar-refractivity contribution >= 4 is 6.01 Å². The first-order chi connectivity index (χ1) is 6.66. The summed E-state index contributed by atoms with van der Waals surface area (Å²) in [6, 6.07) is 0.840. The number of halogens is 2. The summed E-state index contributed by atoms with van der Waals surface area (Å²) in [5, 5.41) is 9.88. The molecule has 0 aliphatic carbocycles.